The Morgan fingerprint density at radius 1 is 1.25 bits per heavy atom. The van der Waals surface area contributed by atoms with Gasteiger partial charge in [-0.3, -0.25) is 0 Å². The van der Waals surface area contributed by atoms with Crippen molar-refractivity contribution < 1.29 is 4.42 Å². The monoisotopic (exact) mass is 161 g/mol. The van der Waals surface area contributed by atoms with Crippen molar-refractivity contribution in [2.75, 3.05) is 5.73 Å². The van der Waals surface area contributed by atoms with Crippen LogP contribution in [0, 0.1) is 13.8 Å². The van der Waals surface area contributed by atoms with Crippen LogP contribution in [-0.4, -0.2) is 0 Å². The number of fused-ring (bicyclic) bond motifs is 1. The van der Waals surface area contributed by atoms with Gasteiger partial charge in [0.2, 0.25) is 0 Å². The molecule has 0 atom stereocenters. The molecule has 0 radical (unpaired) electrons. The molecule has 2 rings (SSSR count). The number of rotatable bonds is 0. The van der Waals surface area contributed by atoms with E-state index >= 15 is 0 Å². The maximum absolute atomic E-state index is 5.74. The summed E-state index contributed by atoms with van der Waals surface area (Å²) in [5.74, 6) is 0.929. The van der Waals surface area contributed by atoms with Gasteiger partial charge in [0.1, 0.15) is 11.3 Å². The number of furan rings is 1. The Bertz CT molecular complexity index is 429. The van der Waals surface area contributed by atoms with Crippen LogP contribution in [0.4, 0.5) is 5.69 Å². The second-order valence-corrected chi connectivity index (χ2v) is 3.06. The third kappa shape index (κ3) is 0.881. The number of anilines is 1. The van der Waals surface area contributed by atoms with Gasteiger partial charge in [-0.2, -0.15) is 0 Å². The lowest BCUT2D eigenvalue weighted by Gasteiger charge is -1.98. The second kappa shape index (κ2) is 2.27. The molecule has 0 aliphatic heterocycles. The summed E-state index contributed by atoms with van der Waals surface area (Å²) in [6, 6.07) is 5.91. The largest absolute Gasteiger partial charge is 0.461 e. The van der Waals surface area contributed by atoms with Crippen molar-refractivity contribution in [1.29, 1.82) is 0 Å². The Kier molecular flexibility index (Phi) is 1.37. The zero-order valence-electron chi connectivity index (χ0n) is 7.22. The summed E-state index contributed by atoms with van der Waals surface area (Å²) in [5.41, 5.74) is 8.46. The summed E-state index contributed by atoms with van der Waals surface area (Å²) in [6.07, 6.45) is 0. The lowest BCUT2D eigenvalue weighted by atomic mass is 10.1. The van der Waals surface area contributed by atoms with E-state index in [4.69, 9.17) is 10.2 Å². The summed E-state index contributed by atoms with van der Waals surface area (Å²) in [4.78, 5) is 0. The van der Waals surface area contributed by atoms with Crippen molar-refractivity contribution in [2.24, 2.45) is 0 Å². The predicted molar refractivity (Wildman–Crippen MR) is 50.1 cm³/mol. The number of hydrogen-bond donors (Lipinski definition) is 1. The Morgan fingerprint density at radius 3 is 2.75 bits per heavy atom. The van der Waals surface area contributed by atoms with Gasteiger partial charge in [0.15, 0.2) is 0 Å². The first-order valence-corrected chi connectivity index (χ1v) is 3.93. The van der Waals surface area contributed by atoms with E-state index in [1.165, 1.54) is 0 Å². The molecular weight excluding hydrogens is 150 g/mol. The maximum Gasteiger partial charge on any atom is 0.139 e. The van der Waals surface area contributed by atoms with Gasteiger partial charge in [0, 0.05) is 16.6 Å². The van der Waals surface area contributed by atoms with Crippen LogP contribution < -0.4 is 5.73 Å². The molecule has 2 nitrogen and oxygen atoms in total. The third-order valence-electron chi connectivity index (χ3n) is 2.10. The minimum atomic E-state index is 0.789. The lowest BCUT2D eigenvalue weighted by molar-refractivity contribution is 0.576. The fourth-order valence-electron chi connectivity index (χ4n) is 1.39. The molecule has 0 unspecified atom stereocenters. The molecule has 12 heavy (non-hydrogen) atoms. The van der Waals surface area contributed by atoms with Gasteiger partial charge in [0.25, 0.3) is 0 Å². The highest BCUT2D eigenvalue weighted by Gasteiger charge is 2.04. The van der Waals surface area contributed by atoms with Gasteiger partial charge in [-0.05, 0) is 32.0 Å². The average Bonchev–Trinajstić information content (AvgIpc) is 2.39. The molecule has 0 fully saturated rings. The van der Waals surface area contributed by atoms with Crippen molar-refractivity contribution in [3.8, 4) is 0 Å². The standard InChI is InChI=1S/C10H11NO/c1-6-5-8-3-4-9(11)7(2)10(8)12-6/h3-5H,11H2,1-2H3. The SMILES string of the molecule is Cc1cc2ccc(N)c(C)c2o1. The van der Waals surface area contributed by atoms with Crippen molar-refractivity contribution in [3.05, 3.63) is 29.5 Å². The highest BCUT2D eigenvalue weighted by atomic mass is 16.3. The molecule has 0 amide bonds. The first-order chi connectivity index (χ1) is 5.68. The minimum Gasteiger partial charge on any atom is -0.461 e. The third-order valence-corrected chi connectivity index (χ3v) is 2.10. The fraction of sp³-hybridized carbons (Fsp3) is 0.200. The Morgan fingerprint density at radius 2 is 2.00 bits per heavy atom. The molecule has 1 heterocycles. The normalized spacial score (nSPS) is 10.8. The summed E-state index contributed by atoms with van der Waals surface area (Å²) >= 11 is 0. The van der Waals surface area contributed by atoms with Crippen LogP contribution >= 0.6 is 0 Å². The van der Waals surface area contributed by atoms with Crippen molar-refractivity contribution in [2.45, 2.75) is 13.8 Å². The molecule has 0 aliphatic rings. The minimum absolute atomic E-state index is 0.789. The Balaban J connectivity index is 2.89. The van der Waals surface area contributed by atoms with E-state index in [9.17, 15) is 0 Å². The van der Waals surface area contributed by atoms with Crippen molar-refractivity contribution in [3.63, 3.8) is 0 Å². The van der Waals surface area contributed by atoms with Gasteiger partial charge in [-0.1, -0.05) is 0 Å². The molecule has 2 N–H and O–H groups in total. The molecule has 0 bridgehead atoms. The van der Waals surface area contributed by atoms with E-state index in [0.29, 0.717) is 0 Å². The Hall–Kier alpha value is -1.44. The van der Waals surface area contributed by atoms with Crippen LogP contribution in [0.3, 0.4) is 0 Å². The molecule has 1 aromatic heterocycles. The fourth-order valence-corrected chi connectivity index (χ4v) is 1.39. The Labute approximate surface area is 71.0 Å². The topological polar surface area (TPSA) is 39.2 Å². The predicted octanol–water partition coefficient (Wildman–Crippen LogP) is 2.63. The van der Waals surface area contributed by atoms with E-state index in [1.54, 1.807) is 0 Å². The summed E-state index contributed by atoms with van der Waals surface area (Å²) < 4.78 is 5.50. The maximum atomic E-state index is 5.74. The zero-order chi connectivity index (χ0) is 8.72. The van der Waals surface area contributed by atoms with E-state index in [2.05, 4.69) is 0 Å². The highest BCUT2D eigenvalue weighted by Crippen LogP contribution is 2.25. The molecule has 0 saturated carbocycles. The average molecular weight is 161 g/mol. The van der Waals surface area contributed by atoms with E-state index in [1.807, 2.05) is 32.0 Å². The second-order valence-electron chi connectivity index (χ2n) is 3.06. The van der Waals surface area contributed by atoms with Crippen LogP contribution in [0.1, 0.15) is 11.3 Å². The zero-order valence-corrected chi connectivity index (χ0v) is 7.22. The number of nitrogens with two attached hydrogens (primary N) is 1. The van der Waals surface area contributed by atoms with Gasteiger partial charge < -0.3 is 10.2 Å². The molecular formula is C10H11NO. The van der Waals surface area contributed by atoms with Crippen molar-refractivity contribution >= 4 is 16.7 Å². The van der Waals surface area contributed by atoms with Crippen molar-refractivity contribution in [1.82, 2.24) is 0 Å². The van der Waals surface area contributed by atoms with Gasteiger partial charge in [-0.25, -0.2) is 0 Å². The smallest absolute Gasteiger partial charge is 0.139 e. The summed E-state index contributed by atoms with van der Waals surface area (Å²) in [5, 5.41) is 1.12. The molecule has 2 heteroatoms. The van der Waals surface area contributed by atoms with E-state index in [0.717, 1.165) is 28.0 Å². The van der Waals surface area contributed by atoms with Crippen LogP contribution in [0.2, 0.25) is 0 Å². The number of benzene rings is 1. The number of hydrogen-bond acceptors (Lipinski definition) is 2. The van der Waals surface area contributed by atoms with E-state index in [-0.39, 0.29) is 0 Å². The lowest BCUT2D eigenvalue weighted by Crippen LogP contribution is -1.87. The van der Waals surface area contributed by atoms with Gasteiger partial charge >= 0.3 is 0 Å². The van der Waals surface area contributed by atoms with E-state index < -0.39 is 0 Å². The molecule has 2 aromatic rings. The molecule has 1 aromatic carbocycles. The van der Waals surface area contributed by atoms with Crippen LogP contribution in [0.15, 0.2) is 22.6 Å². The highest BCUT2D eigenvalue weighted by molar-refractivity contribution is 5.85. The number of aryl methyl sites for hydroxylation is 2. The van der Waals surface area contributed by atoms with Crippen LogP contribution in [-0.2, 0) is 0 Å². The van der Waals surface area contributed by atoms with Crippen LogP contribution in [0.5, 0.6) is 0 Å². The quantitative estimate of drug-likeness (QED) is 0.603. The summed E-state index contributed by atoms with van der Waals surface area (Å²) in [7, 11) is 0. The molecule has 0 saturated heterocycles. The first-order valence-electron chi connectivity index (χ1n) is 3.93. The first kappa shape index (κ1) is 7.22. The van der Waals surface area contributed by atoms with Gasteiger partial charge in [0.05, 0.1) is 0 Å². The summed E-state index contributed by atoms with van der Waals surface area (Å²) in [6.45, 7) is 3.91. The number of nitrogen functional groups attached to an aromatic ring is 1. The van der Waals surface area contributed by atoms with Crippen LogP contribution in [0.25, 0.3) is 11.0 Å². The molecule has 62 valence electrons. The molecule has 0 aliphatic carbocycles. The van der Waals surface area contributed by atoms with Gasteiger partial charge in [-0.15, -0.1) is 0 Å². The molecule has 0 spiro atoms.